The molecule has 1 unspecified atom stereocenters. The van der Waals surface area contributed by atoms with Gasteiger partial charge in [-0.25, -0.2) is 4.98 Å². The number of hydrogen-bond acceptors (Lipinski definition) is 4. The number of methoxy groups -OCH3 is 1. The molecule has 0 aliphatic carbocycles. The minimum atomic E-state index is -0.989. The Bertz CT molecular complexity index is 1060. The number of ether oxygens (including phenoxy) is 1. The predicted octanol–water partition coefficient (Wildman–Crippen LogP) is 4.32. The Morgan fingerprint density at radius 3 is 2.43 bits per heavy atom. The van der Waals surface area contributed by atoms with Gasteiger partial charge < -0.3 is 15.2 Å². The summed E-state index contributed by atoms with van der Waals surface area (Å²) < 4.78 is 5.36. The van der Waals surface area contributed by atoms with Crippen molar-refractivity contribution < 1.29 is 19.4 Å². The van der Waals surface area contributed by atoms with Crippen molar-refractivity contribution in [2.24, 2.45) is 0 Å². The number of carbonyl (C=O) groups is 2. The van der Waals surface area contributed by atoms with Gasteiger partial charge in [0.2, 0.25) is 5.88 Å². The van der Waals surface area contributed by atoms with Gasteiger partial charge in [-0.2, -0.15) is 0 Å². The van der Waals surface area contributed by atoms with Gasteiger partial charge in [0.25, 0.3) is 5.91 Å². The van der Waals surface area contributed by atoms with E-state index in [0.29, 0.717) is 17.0 Å². The number of pyridine rings is 1. The van der Waals surface area contributed by atoms with Crippen molar-refractivity contribution in [2.45, 2.75) is 26.3 Å². The van der Waals surface area contributed by atoms with Crippen LogP contribution < -0.4 is 10.1 Å². The molecule has 0 saturated carbocycles. The molecule has 0 fully saturated rings. The van der Waals surface area contributed by atoms with Gasteiger partial charge in [-0.1, -0.05) is 54.1 Å². The summed E-state index contributed by atoms with van der Waals surface area (Å²) >= 11 is 0. The number of aromatic nitrogens is 1. The molecule has 2 aromatic carbocycles. The molecule has 154 valence electrons. The minimum absolute atomic E-state index is 0.217. The molecule has 6 heteroatoms. The number of carboxylic acids is 1. The molecular weight excluding hydrogens is 380 g/mol. The smallest absolute Gasteiger partial charge is 0.305 e. The number of nitrogens with zero attached hydrogens (tertiary/aromatic N) is 1. The molecule has 3 rings (SSSR count). The molecular formula is C24H24N2O4. The Labute approximate surface area is 175 Å². The lowest BCUT2D eigenvalue weighted by Crippen LogP contribution is -2.30. The fourth-order valence-electron chi connectivity index (χ4n) is 3.31. The quantitative estimate of drug-likeness (QED) is 0.612. The van der Waals surface area contributed by atoms with E-state index in [1.807, 2.05) is 62.4 Å². The summed E-state index contributed by atoms with van der Waals surface area (Å²) in [7, 11) is 1.53. The molecule has 1 heterocycles. The molecule has 1 atom stereocenters. The Morgan fingerprint density at radius 1 is 1.10 bits per heavy atom. The number of aryl methyl sites for hydroxylation is 2. The predicted molar refractivity (Wildman–Crippen MR) is 115 cm³/mol. The normalized spacial score (nSPS) is 11.6. The van der Waals surface area contributed by atoms with Crippen LogP contribution in [0.1, 0.15) is 39.5 Å². The topological polar surface area (TPSA) is 88.5 Å². The van der Waals surface area contributed by atoms with Crippen LogP contribution in [0.4, 0.5) is 0 Å². The summed E-state index contributed by atoms with van der Waals surface area (Å²) in [6.45, 7) is 3.89. The second kappa shape index (κ2) is 9.22. The summed E-state index contributed by atoms with van der Waals surface area (Å²) in [5.74, 6) is -0.971. The van der Waals surface area contributed by atoms with Crippen molar-refractivity contribution in [3.63, 3.8) is 0 Å². The first-order valence-electron chi connectivity index (χ1n) is 9.58. The number of aliphatic carboxylic acids is 1. The van der Waals surface area contributed by atoms with E-state index >= 15 is 0 Å². The molecule has 1 amide bonds. The highest BCUT2D eigenvalue weighted by Crippen LogP contribution is 2.29. The van der Waals surface area contributed by atoms with Crippen molar-refractivity contribution in [3.8, 4) is 17.0 Å². The van der Waals surface area contributed by atoms with E-state index < -0.39 is 17.9 Å². The van der Waals surface area contributed by atoms with E-state index in [2.05, 4.69) is 10.3 Å². The van der Waals surface area contributed by atoms with Crippen LogP contribution in [0.15, 0.2) is 60.8 Å². The Kier molecular flexibility index (Phi) is 6.47. The van der Waals surface area contributed by atoms with E-state index in [1.54, 1.807) is 6.07 Å². The molecule has 0 radical (unpaired) electrons. The average Bonchev–Trinajstić information content (AvgIpc) is 2.73. The number of carboxylic acid groups (broad SMARTS) is 1. The molecule has 3 aromatic rings. The van der Waals surface area contributed by atoms with Crippen LogP contribution >= 0.6 is 0 Å². The van der Waals surface area contributed by atoms with Crippen molar-refractivity contribution in [3.05, 3.63) is 83.0 Å². The highest BCUT2D eigenvalue weighted by Gasteiger charge is 2.21. The number of benzene rings is 2. The Hall–Kier alpha value is -3.67. The zero-order valence-electron chi connectivity index (χ0n) is 17.2. The van der Waals surface area contributed by atoms with Gasteiger partial charge in [0.15, 0.2) is 0 Å². The zero-order valence-corrected chi connectivity index (χ0v) is 17.2. The number of rotatable bonds is 7. The van der Waals surface area contributed by atoms with Crippen LogP contribution in [0.5, 0.6) is 5.88 Å². The van der Waals surface area contributed by atoms with E-state index in [0.717, 1.165) is 22.3 Å². The summed E-state index contributed by atoms with van der Waals surface area (Å²) in [5, 5.41) is 12.2. The molecule has 0 bridgehead atoms. The molecule has 1 aromatic heterocycles. The lowest BCUT2D eigenvalue weighted by atomic mass is 9.98. The maximum atomic E-state index is 13.0. The van der Waals surface area contributed by atoms with E-state index in [-0.39, 0.29) is 6.42 Å². The van der Waals surface area contributed by atoms with Crippen molar-refractivity contribution in [1.82, 2.24) is 10.3 Å². The average molecular weight is 404 g/mol. The maximum absolute atomic E-state index is 13.0. The zero-order chi connectivity index (χ0) is 21.7. The lowest BCUT2D eigenvalue weighted by Gasteiger charge is -2.20. The molecule has 0 spiro atoms. The summed E-state index contributed by atoms with van der Waals surface area (Å²) in [6, 6.07) is 16.3. The number of nitrogens with one attached hydrogen (secondary N) is 1. The monoisotopic (exact) mass is 404 g/mol. The second-order valence-electron chi connectivity index (χ2n) is 7.13. The van der Waals surface area contributed by atoms with Crippen LogP contribution in [0.25, 0.3) is 11.1 Å². The largest absolute Gasteiger partial charge is 0.481 e. The first kappa shape index (κ1) is 21.0. The van der Waals surface area contributed by atoms with Crippen LogP contribution in [0.2, 0.25) is 0 Å². The third-order valence-electron chi connectivity index (χ3n) is 4.92. The third kappa shape index (κ3) is 4.84. The molecule has 2 N–H and O–H groups in total. The lowest BCUT2D eigenvalue weighted by molar-refractivity contribution is -0.137. The number of hydrogen-bond donors (Lipinski definition) is 2. The summed E-state index contributed by atoms with van der Waals surface area (Å²) in [4.78, 5) is 28.6. The molecule has 0 aliphatic rings. The van der Waals surface area contributed by atoms with E-state index in [4.69, 9.17) is 4.74 Å². The number of carbonyl (C=O) groups excluding carboxylic acids is 1. The van der Waals surface area contributed by atoms with Gasteiger partial charge in [0.05, 0.1) is 25.1 Å². The molecule has 0 saturated heterocycles. The fourth-order valence-corrected chi connectivity index (χ4v) is 3.31. The van der Waals surface area contributed by atoms with Crippen molar-refractivity contribution in [1.29, 1.82) is 0 Å². The summed E-state index contributed by atoms with van der Waals surface area (Å²) in [5.41, 5.74) is 4.70. The van der Waals surface area contributed by atoms with Crippen LogP contribution in [-0.4, -0.2) is 29.1 Å². The maximum Gasteiger partial charge on any atom is 0.305 e. The SMILES string of the molecule is COc1ncc(C(=O)NC(CC(=O)O)c2ccccc2C)cc1-c1ccc(C)cc1. The van der Waals surface area contributed by atoms with Crippen LogP contribution in [-0.2, 0) is 4.79 Å². The van der Waals surface area contributed by atoms with Gasteiger partial charge in [-0.15, -0.1) is 0 Å². The highest BCUT2D eigenvalue weighted by atomic mass is 16.5. The van der Waals surface area contributed by atoms with Crippen molar-refractivity contribution in [2.75, 3.05) is 7.11 Å². The van der Waals surface area contributed by atoms with Gasteiger partial charge >= 0.3 is 5.97 Å². The van der Waals surface area contributed by atoms with Gasteiger partial charge in [-0.3, -0.25) is 9.59 Å². The third-order valence-corrected chi connectivity index (χ3v) is 4.92. The first-order valence-corrected chi connectivity index (χ1v) is 9.58. The van der Waals surface area contributed by atoms with Crippen molar-refractivity contribution >= 4 is 11.9 Å². The minimum Gasteiger partial charge on any atom is -0.481 e. The fraction of sp³-hybridized carbons (Fsp3) is 0.208. The highest BCUT2D eigenvalue weighted by molar-refractivity contribution is 5.96. The Morgan fingerprint density at radius 2 is 1.80 bits per heavy atom. The van der Waals surface area contributed by atoms with Crippen LogP contribution in [0.3, 0.4) is 0 Å². The molecule has 30 heavy (non-hydrogen) atoms. The summed E-state index contributed by atoms with van der Waals surface area (Å²) in [6.07, 6.45) is 1.21. The Balaban J connectivity index is 1.93. The van der Waals surface area contributed by atoms with Gasteiger partial charge in [-0.05, 0) is 36.6 Å². The molecule has 6 nitrogen and oxygen atoms in total. The molecule has 0 aliphatic heterocycles. The van der Waals surface area contributed by atoms with Gasteiger partial charge in [0.1, 0.15) is 0 Å². The first-order chi connectivity index (χ1) is 14.4. The number of amides is 1. The standard InChI is InChI=1S/C24H24N2O4/c1-15-8-10-17(11-9-15)20-12-18(14-25-24(20)30-3)23(29)26-21(13-22(27)28)19-7-5-4-6-16(19)2/h4-12,14,21H,13H2,1-3H3,(H,26,29)(H,27,28). The van der Waals surface area contributed by atoms with Gasteiger partial charge in [0, 0.05) is 11.8 Å². The second-order valence-corrected chi connectivity index (χ2v) is 7.13. The van der Waals surface area contributed by atoms with E-state index in [1.165, 1.54) is 13.3 Å². The van der Waals surface area contributed by atoms with Crippen LogP contribution in [0, 0.1) is 13.8 Å². The van der Waals surface area contributed by atoms with E-state index in [9.17, 15) is 14.7 Å².